The van der Waals surface area contributed by atoms with Crippen LogP contribution >= 0.6 is 0 Å². The normalized spacial score (nSPS) is 23.6. The second-order valence-corrected chi connectivity index (χ2v) is 7.36. The minimum absolute atomic E-state index is 0.0441. The first-order valence-electron chi connectivity index (χ1n) is 9.22. The van der Waals surface area contributed by atoms with Crippen molar-refractivity contribution in [2.45, 2.75) is 44.2 Å². The van der Waals surface area contributed by atoms with Crippen molar-refractivity contribution >= 4 is 5.91 Å². The summed E-state index contributed by atoms with van der Waals surface area (Å²) >= 11 is 0. The van der Waals surface area contributed by atoms with E-state index in [1.807, 2.05) is 30.5 Å². The topological polar surface area (TPSA) is 58.4 Å². The van der Waals surface area contributed by atoms with Crippen molar-refractivity contribution in [2.24, 2.45) is 5.92 Å². The molecule has 132 valence electrons. The fourth-order valence-electron chi connectivity index (χ4n) is 3.66. The number of hydrogen-bond acceptors (Lipinski definition) is 3. The lowest BCUT2D eigenvalue weighted by Gasteiger charge is -2.36. The molecule has 0 spiro atoms. The van der Waals surface area contributed by atoms with E-state index in [1.54, 1.807) is 9.58 Å². The third-order valence-corrected chi connectivity index (χ3v) is 5.37. The van der Waals surface area contributed by atoms with Crippen LogP contribution in [0.4, 0.5) is 0 Å². The summed E-state index contributed by atoms with van der Waals surface area (Å²) in [5, 5.41) is 15.0. The molecule has 0 unspecified atom stereocenters. The minimum Gasteiger partial charge on any atom is -0.391 e. The van der Waals surface area contributed by atoms with Gasteiger partial charge in [0.1, 0.15) is 6.54 Å². The average molecular weight is 339 g/mol. The first kappa shape index (κ1) is 16.3. The molecule has 1 aromatic carbocycles. The summed E-state index contributed by atoms with van der Waals surface area (Å²) in [7, 11) is 0. The second kappa shape index (κ2) is 7.00. The summed E-state index contributed by atoms with van der Waals surface area (Å²) in [5.74, 6) is 0.868. The summed E-state index contributed by atoms with van der Waals surface area (Å²) < 4.78 is 1.73. The van der Waals surface area contributed by atoms with Gasteiger partial charge in [-0.25, -0.2) is 0 Å². The monoisotopic (exact) mass is 339 g/mol. The van der Waals surface area contributed by atoms with Crippen molar-refractivity contribution < 1.29 is 9.90 Å². The van der Waals surface area contributed by atoms with Gasteiger partial charge in [0.25, 0.3) is 0 Å². The van der Waals surface area contributed by atoms with Crippen molar-refractivity contribution in [2.75, 3.05) is 13.1 Å². The van der Waals surface area contributed by atoms with E-state index in [0.29, 0.717) is 19.0 Å². The van der Waals surface area contributed by atoms with Gasteiger partial charge >= 0.3 is 0 Å². The van der Waals surface area contributed by atoms with E-state index >= 15 is 0 Å². The number of piperidine rings is 1. The first-order valence-corrected chi connectivity index (χ1v) is 9.22. The second-order valence-electron chi connectivity index (χ2n) is 7.36. The van der Waals surface area contributed by atoms with E-state index in [9.17, 15) is 9.90 Å². The third kappa shape index (κ3) is 3.93. The Hall–Kier alpha value is -2.14. The zero-order valence-corrected chi connectivity index (χ0v) is 14.4. The molecule has 4 rings (SSSR count). The van der Waals surface area contributed by atoms with E-state index < -0.39 is 6.10 Å². The molecule has 25 heavy (non-hydrogen) atoms. The van der Waals surface area contributed by atoms with Crippen LogP contribution in [0.25, 0.3) is 0 Å². The van der Waals surface area contributed by atoms with E-state index in [2.05, 4.69) is 17.2 Å². The Morgan fingerprint density at radius 2 is 1.96 bits per heavy atom. The van der Waals surface area contributed by atoms with Gasteiger partial charge in [-0.1, -0.05) is 30.3 Å². The van der Waals surface area contributed by atoms with Crippen LogP contribution in [0.1, 0.15) is 36.4 Å². The molecule has 1 aromatic heterocycles. The smallest absolute Gasteiger partial charge is 0.244 e. The van der Waals surface area contributed by atoms with Crippen LogP contribution in [0.2, 0.25) is 0 Å². The van der Waals surface area contributed by atoms with E-state index in [-0.39, 0.29) is 18.4 Å². The Morgan fingerprint density at radius 1 is 1.16 bits per heavy atom. The van der Waals surface area contributed by atoms with Crippen LogP contribution < -0.4 is 0 Å². The molecular weight excluding hydrogens is 314 g/mol. The number of amides is 1. The van der Waals surface area contributed by atoms with Crippen molar-refractivity contribution in [1.82, 2.24) is 14.7 Å². The van der Waals surface area contributed by atoms with Gasteiger partial charge in [0.2, 0.25) is 5.91 Å². The summed E-state index contributed by atoms with van der Waals surface area (Å²) in [6.07, 6.45) is 5.57. The molecule has 0 bridgehead atoms. The average Bonchev–Trinajstić information content (AvgIpc) is 3.37. The summed E-state index contributed by atoms with van der Waals surface area (Å²) in [6, 6.07) is 12.3. The molecule has 2 heterocycles. The number of rotatable bonds is 5. The van der Waals surface area contributed by atoms with Crippen molar-refractivity contribution in [3.63, 3.8) is 0 Å². The van der Waals surface area contributed by atoms with Crippen LogP contribution in [-0.4, -0.2) is 44.9 Å². The molecule has 1 aliphatic heterocycles. The fraction of sp³-hybridized carbons (Fsp3) is 0.500. The number of nitrogens with zero attached hydrogens (tertiary/aromatic N) is 3. The number of carbonyl (C=O) groups excluding carboxylic acids is 1. The molecule has 2 aromatic rings. The van der Waals surface area contributed by atoms with Gasteiger partial charge in [-0.05, 0) is 43.2 Å². The third-order valence-electron chi connectivity index (χ3n) is 5.37. The van der Waals surface area contributed by atoms with Gasteiger partial charge in [-0.3, -0.25) is 9.48 Å². The number of aliphatic hydroxyl groups excluding tert-OH is 1. The minimum atomic E-state index is -0.461. The summed E-state index contributed by atoms with van der Waals surface area (Å²) in [6.45, 7) is 1.40. The predicted octanol–water partition coefficient (Wildman–Crippen LogP) is 2.21. The van der Waals surface area contributed by atoms with Crippen molar-refractivity contribution in [3.8, 4) is 0 Å². The molecular formula is C20H25N3O2. The van der Waals surface area contributed by atoms with Crippen LogP contribution in [-0.2, 0) is 17.8 Å². The quantitative estimate of drug-likeness (QED) is 0.909. The number of benzene rings is 1. The molecule has 2 fully saturated rings. The molecule has 5 heteroatoms. The van der Waals surface area contributed by atoms with Crippen molar-refractivity contribution in [1.29, 1.82) is 0 Å². The maximum absolute atomic E-state index is 12.5. The van der Waals surface area contributed by atoms with Crippen LogP contribution in [0.5, 0.6) is 0 Å². The maximum Gasteiger partial charge on any atom is 0.244 e. The number of aromatic nitrogens is 2. The largest absolute Gasteiger partial charge is 0.391 e. The SMILES string of the molecule is O=C(Cn1ccc(C2CC2)n1)N1CC[C@H](Cc2ccccc2)[C@@H](O)C1. The summed E-state index contributed by atoms with van der Waals surface area (Å²) in [5.41, 5.74) is 2.35. The van der Waals surface area contributed by atoms with Crippen LogP contribution in [0.15, 0.2) is 42.6 Å². The van der Waals surface area contributed by atoms with Crippen LogP contribution in [0.3, 0.4) is 0 Å². The highest BCUT2D eigenvalue weighted by molar-refractivity contribution is 5.76. The zero-order chi connectivity index (χ0) is 17.2. The standard InChI is InChI=1S/C20H25N3O2/c24-19-13-22(10-8-17(19)12-15-4-2-1-3-5-15)20(25)14-23-11-9-18(21-23)16-6-7-16/h1-5,9,11,16-17,19,24H,6-8,10,12-14H2/t17-,19+/m1/s1. The van der Waals surface area contributed by atoms with Crippen molar-refractivity contribution in [3.05, 3.63) is 53.9 Å². The Kier molecular flexibility index (Phi) is 4.57. The van der Waals surface area contributed by atoms with Gasteiger partial charge in [-0.15, -0.1) is 0 Å². The zero-order valence-electron chi connectivity index (χ0n) is 14.4. The Balaban J connectivity index is 1.31. The summed E-state index contributed by atoms with van der Waals surface area (Å²) in [4.78, 5) is 14.3. The number of likely N-dealkylation sites (tertiary alicyclic amines) is 1. The van der Waals surface area contributed by atoms with Gasteiger partial charge in [0.05, 0.1) is 11.8 Å². The maximum atomic E-state index is 12.5. The Labute approximate surface area is 148 Å². The van der Waals surface area contributed by atoms with E-state index in [4.69, 9.17) is 0 Å². The lowest BCUT2D eigenvalue weighted by molar-refractivity contribution is -0.136. The van der Waals surface area contributed by atoms with E-state index in [0.717, 1.165) is 18.5 Å². The van der Waals surface area contributed by atoms with Crippen LogP contribution in [0, 0.1) is 5.92 Å². The Morgan fingerprint density at radius 3 is 2.68 bits per heavy atom. The molecule has 1 saturated heterocycles. The Bertz CT molecular complexity index is 724. The van der Waals surface area contributed by atoms with Gasteiger partial charge in [0.15, 0.2) is 0 Å². The lowest BCUT2D eigenvalue weighted by Crippen LogP contribution is -2.48. The molecule has 2 aliphatic rings. The highest BCUT2D eigenvalue weighted by Gasteiger charge is 2.30. The van der Waals surface area contributed by atoms with E-state index in [1.165, 1.54) is 18.4 Å². The number of aliphatic hydroxyl groups is 1. The first-order chi connectivity index (χ1) is 12.2. The molecule has 1 amide bonds. The lowest BCUT2D eigenvalue weighted by atomic mass is 9.88. The van der Waals surface area contributed by atoms with Gasteiger partial charge in [0, 0.05) is 25.2 Å². The molecule has 5 nitrogen and oxygen atoms in total. The molecule has 0 radical (unpaired) electrons. The van der Waals surface area contributed by atoms with Gasteiger partial charge < -0.3 is 10.0 Å². The number of β-amino-alcohol motifs (C(OH)–C–C–N with tert-alkyl or cyclic N) is 1. The van der Waals surface area contributed by atoms with Gasteiger partial charge in [-0.2, -0.15) is 5.10 Å². The fourth-order valence-corrected chi connectivity index (χ4v) is 3.66. The highest BCUT2D eigenvalue weighted by Crippen LogP contribution is 2.38. The number of carbonyl (C=O) groups is 1. The molecule has 1 saturated carbocycles. The molecule has 1 aliphatic carbocycles. The highest BCUT2D eigenvalue weighted by atomic mass is 16.3. The molecule has 2 atom stereocenters. The predicted molar refractivity (Wildman–Crippen MR) is 95.0 cm³/mol. The number of hydrogen-bond donors (Lipinski definition) is 1. The molecule has 1 N–H and O–H groups in total.